The lowest BCUT2D eigenvalue weighted by molar-refractivity contribution is -0.170. The zero-order valence-electron chi connectivity index (χ0n) is 5.44. The molecule has 76 valence electrons. The van der Waals surface area contributed by atoms with Gasteiger partial charge in [-0.2, -0.15) is 17.6 Å². The highest BCUT2D eigenvalue weighted by molar-refractivity contribution is 6.47. The molecule has 0 aliphatic heterocycles. The van der Waals surface area contributed by atoms with Crippen LogP contribution in [0.15, 0.2) is 0 Å². The number of alkyl halides is 8. The van der Waals surface area contributed by atoms with Crippen molar-refractivity contribution in [2.24, 2.45) is 0 Å². The molecule has 0 saturated carbocycles. The highest BCUT2D eigenvalue weighted by Gasteiger charge is 2.53. The number of rotatable bonds is 1. The van der Waals surface area contributed by atoms with Crippen molar-refractivity contribution in [2.45, 2.75) is 10.8 Å². The zero-order chi connectivity index (χ0) is 10.4. The molecular formula is C4H4Cl2F6. The van der Waals surface area contributed by atoms with Crippen LogP contribution in [0.5, 0.6) is 0 Å². The number of halogens is 8. The van der Waals surface area contributed by atoms with E-state index in [0.29, 0.717) is 0 Å². The van der Waals surface area contributed by atoms with Gasteiger partial charge >= 0.3 is 10.8 Å². The summed E-state index contributed by atoms with van der Waals surface area (Å²) >= 11 is 7.97. The van der Waals surface area contributed by atoms with E-state index in [1.807, 2.05) is 0 Å². The Morgan fingerprint density at radius 2 is 1.00 bits per heavy atom. The first-order chi connectivity index (χ1) is 5.16. The fourth-order valence-electron chi connectivity index (χ4n) is 0. The molecule has 0 radical (unpaired) electrons. The second-order valence-electron chi connectivity index (χ2n) is 1.37. The van der Waals surface area contributed by atoms with Crippen molar-refractivity contribution in [2.75, 3.05) is 13.3 Å². The average Bonchev–Trinajstić information content (AvgIpc) is 1.84. The number of hydrogen-bond donors (Lipinski definition) is 0. The van der Waals surface area contributed by atoms with Gasteiger partial charge in [0, 0.05) is 0 Å². The minimum Gasteiger partial charge on any atom is -0.248 e. The minimum absolute atomic E-state index is 0.847. The third kappa shape index (κ3) is 8.26. The summed E-state index contributed by atoms with van der Waals surface area (Å²) < 4.78 is 60.6. The average molecular weight is 237 g/mol. The maximum Gasteiger partial charge on any atom is 0.452 e. The third-order valence-corrected chi connectivity index (χ3v) is 0.821. The van der Waals surface area contributed by atoms with E-state index >= 15 is 0 Å². The Hall–Kier alpha value is 0.160. The second-order valence-corrected chi connectivity index (χ2v) is 2.61. The number of hydrogen-bond acceptors (Lipinski definition) is 0. The summed E-state index contributed by atoms with van der Waals surface area (Å²) in [5, 5.41) is 0. The van der Waals surface area contributed by atoms with Crippen molar-refractivity contribution in [3.05, 3.63) is 0 Å². The molecule has 0 spiro atoms. The van der Waals surface area contributed by atoms with Crippen LogP contribution in [0.25, 0.3) is 0 Å². The van der Waals surface area contributed by atoms with Crippen LogP contribution < -0.4 is 0 Å². The molecule has 0 unspecified atom stereocenters. The Morgan fingerprint density at radius 3 is 1.00 bits per heavy atom. The Labute approximate surface area is 74.4 Å². The van der Waals surface area contributed by atoms with Crippen molar-refractivity contribution in [1.29, 1.82) is 0 Å². The molecule has 0 aliphatic carbocycles. The largest absolute Gasteiger partial charge is 0.452 e. The van der Waals surface area contributed by atoms with E-state index in [4.69, 9.17) is 0 Å². The standard InChI is InChI=1S/C2Cl2F4.C2H4F2/c3-1(4,5)2(6,7)8;3-1-2-4/h;1-2H2. The quantitative estimate of drug-likeness (QED) is 0.483. The second kappa shape index (κ2) is 5.75. The smallest absolute Gasteiger partial charge is 0.248 e. The molecule has 0 saturated heterocycles. The summed E-state index contributed by atoms with van der Waals surface area (Å²) in [4.78, 5) is 0. The van der Waals surface area contributed by atoms with Crippen LogP contribution in [0.2, 0.25) is 0 Å². The van der Waals surface area contributed by atoms with Gasteiger partial charge in [-0.25, -0.2) is 8.78 Å². The molecule has 0 rings (SSSR count). The van der Waals surface area contributed by atoms with E-state index in [9.17, 15) is 26.3 Å². The van der Waals surface area contributed by atoms with E-state index in [1.165, 1.54) is 0 Å². The molecule has 12 heavy (non-hydrogen) atoms. The Morgan fingerprint density at radius 1 is 0.833 bits per heavy atom. The van der Waals surface area contributed by atoms with Crippen LogP contribution in [0.1, 0.15) is 0 Å². The van der Waals surface area contributed by atoms with Gasteiger partial charge in [0.15, 0.2) is 0 Å². The van der Waals surface area contributed by atoms with Gasteiger partial charge < -0.3 is 0 Å². The van der Waals surface area contributed by atoms with Crippen LogP contribution in [-0.4, -0.2) is 24.1 Å². The summed E-state index contributed by atoms with van der Waals surface area (Å²) in [6, 6.07) is 0. The van der Waals surface area contributed by atoms with Crippen molar-refractivity contribution in [3.8, 4) is 0 Å². The molecule has 0 atom stereocenters. The summed E-state index contributed by atoms with van der Waals surface area (Å²) in [7, 11) is 0. The molecule has 0 aliphatic rings. The van der Waals surface area contributed by atoms with Gasteiger partial charge in [0.05, 0.1) is 0 Å². The van der Waals surface area contributed by atoms with Gasteiger partial charge in [0.1, 0.15) is 13.3 Å². The normalized spacial score (nSPS) is 12.0. The summed E-state index contributed by atoms with van der Waals surface area (Å²) in [6.45, 7) is -1.69. The minimum atomic E-state index is -5.20. The molecule has 0 aromatic heterocycles. The van der Waals surface area contributed by atoms with Crippen molar-refractivity contribution < 1.29 is 26.3 Å². The lowest BCUT2D eigenvalue weighted by Gasteiger charge is -2.11. The van der Waals surface area contributed by atoms with E-state index in [2.05, 4.69) is 23.2 Å². The Balaban J connectivity index is 0. The Kier molecular flexibility index (Phi) is 7.02. The zero-order valence-corrected chi connectivity index (χ0v) is 6.95. The highest BCUT2D eigenvalue weighted by Crippen LogP contribution is 2.40. The molecule has 0 aromatic rings. The first-order valence-electron chi connectivity index (χ1n) is 2.42. The van der Waals surface area contributed by atoms with Gasteiger partial charge in [-0.3, -0.25) is 0 Å². The molecular weight excluding hydrogens is 233 g/mol. The first kappa shape index (κ1) is 14.7. The first-order valence-corrected chi connectivity index (χ1v) is 3.17. The molecule has 0 N–H and O–H groups in total. The van der Waals surface area contributed by atoms with Gasteiger partial charge in [-0.05, 0) is 0 Å². The summed E-state index contributed by atoms with van der Waals surface area (Å²) in [5.41, 5.74) is 0. The fraction of sp³-hybridized carbons (Fsp3) is 1.00. The van der Waals surface area contributed by atoms with Gasteiger partial charge in [-0.1, -0.05) is 23.2 Å². The Bertz CT molecular complexity index is 91.1. The summed E-state index contributed by atoms with van der Waals surface area (Å²) in [5.74, 6) is 0. The van der Waals surface area contributed by atoms with Crippen LogP contribution >= 0.6 is 23.2 Å². The van der Waals surface area contributed by atoms with Crippen LogP contribution in [0.4, 0.5) is 26.3 Å². The topological polar surface area (TPSA) is 0 Å². The third-order valence-electron chi connectivity index (χ3n) is 0.393. The van der Waals surface area contributed by atoms with E-state index in [-0.39, 0.29) is 0 Å². The van der Waals surface area contributed by atoms with Gasteiger partial charge in [0.25, 0.3) is 0 Å². The maximum atomic E-state index is 11.3. The van der Waals surface area contributed by atoms with E-state index in [1.54, 1.807) is 0 Å². The molecule has 0 amide bonds. The van der Waals surface area contributed by atoms with Crippen molar-refractivity contribution in [3.63, 3.8) is 0 Å². The predicted octanol–water partition coefficient (Wildman–Crippen LogP) is 3.58. The van der Waals surface area contributed by atoms with E-state index in [0.717, 1.165) is 0 Å². The van der Waals surface area contributed by atoms with Crippen molar-refractivity contribution >= 4 is 23.2 Å². The maximum absolute atomic E-state index is 11.3. The van der Waals surface area contributed by atoms with Crippen LogP contribution in [0, 0.1) is 0 Å². The highest BCUT2D eigenvalue weighted by atomic mass is 35.5. The van der Waals surface area contributed by atoms with Gasteiger partial charge in [-0.15, -0.1) is 0 Å². The van der Waals surface area contributed by atoms with E-state index < -0.39 is 24.1 Å². The fourth-order valence-corrected chi connectivity index (χ4v) is 0. The van der Waals surface area contributed by atoms with Crippen LogP contribution in [-0.2, 0) is 0 Å². The van der Waals surface area contributed by atoms with Crippen LogP contribution in [0.3, 0.4) is 0 Å². The molecule has 0 bridgehead atoms. The molecule has 0 aromatic carbocycles. The van der Waals surface area contributed by atoms with Gasteiger partial charge in [0.2, 0.25) is 0 Å². The lowest BCUT2D eigenvalue weighted by Crippen LogP contribution is -2.28. The molecule has 0 nitrogen and oxygen atoms in total. The molecule has 8 heteroatoms. The lowest BCUT2D eigenvalue weighted by atomic mass is 10.7. The van der Waals surface area contributed by atoms with Crippen molar-refractivity contribution in [1.82, 2.24) is 0 Å². The summed E-state index contributed by atoms with van der Waals surface area (Å²) in [6.07, 6.45) is -5.20. The monoisotopic (exact) mass is 236 g/mol. The molecule has 0 heterocycles. The molecule has 0 fully saturated rings. The SMILES string of the molecule is FC(F)(F)C(F)(Cl)Cl.FCCF. The predicted molar refractivity (Wildman–Crippen MR) is 33.6 cm³/mol.